The van der Waals surface area contributed by atoms with E-state index < -0.39 is 23.1 Å². The standard InChI is InChI=1S/C17H15F2N3O2S/c1-3-6-25-17-21-16(24)14-11(8-13(23)20-15(14)22(17)2)10-5-4-9(18)7-12(10)19/h3-5,7,11H,1,6,8H2,2H3,(H,20,23)/t11-/m1/s1. The SMILES string of the molecule is C=CCSc1nc(=O)c2c(n1C)NC(=O)C[C@@H]2c1ccc(F)cc1F. The number of carbonyl (C=O) groups excluding carboxylic acids is 1. The van der Waals surface area contributed by atoms with Gasteiger partial charge in [-0.3, -0.25) is 9.59 Å². The molecule has 1 amide bonds. The van der Waals surface area contributed by atoms with E-state index in [1.807, 2.05) is 0 Å². The maximum atomic E-state index is 14.2. The predicted molar refractivity (Wildman–Crippen MR) is 91.8 cm³/mol. The Kier molecular flexibility index (Phi) is 4.71. The number of amides is 1. The number of fused-ring (bicyclic) bond motifs is 1. The molecule has 8 heteroatoms. The van der Waals surface area contributed by atoms with E-state index >= 15 is 0 Å². The van der Waals surface area contributed by atoms with Crippen LogP contribution in [0.25, 0.3) is 0 Å². The highest BCUT2D eigenvalue weighted by atomic mass is 32.2. The number of halogens is 2. The Morgan fingerprint density at radius 1 is 1.44 bits per heavy atom. The van der Waals surface area contributed by atoms with Gasteiger partial charge in [0, 0.05) is 31.2 Å². The van der Waals surface area contributed by atoms with Crippen molar-refractivity contribution in [1.29, 1.82) is 0 Å². The van der Waals surface area contributed by atoms with E-state index in [9.17, 15) is 18.4 Å². The lowest BCUT2D eigenvalue weighted by Crippen LogP contribution is -2.33. The molecule has 1 aromatic carbocycles. The zero-order chi connectivity index (χ0) is 18.1. The summed E-state index contributed by atoms with van der Waals surface area (Å²) in [7, 11) is 1.67. The Labute approximate surface area is 146 Å². The van der Waals surface area contributed by atoms with E-state index in [0.717, 1.165) is 12.1 Å². The van der Waals surface area contributed by atoms with Crippen LogP contribution < -0.4 is 10.9 Å². The Morgan fingerprint density at radius 3 is 2.88 bits per heavy atom. The van der Waals surface area contributed by atoms with Crippen molar-refractivity contribution in [3.8, 4) is 0 Å². The molecule has 1 N–H and O–H groups in total. The fourth-order valence-electron chi connectivity index (χ4n) is 2.85. The summed E-state index contributed by atoms with van der Waals surface area (Å²) in [5.74, 6) is -1.84. The molecule has 2 aromatic rings. The summed E-state index contributed by atoms with van der Waals surface area (Å²) >= 11 is 1.30. The van der Waals surface area contributed by atoms with Gasteiger partial charge in [-0.25, -0.2) is 8.78 Å². The molecule has 0 fully saturated rings. The molecule has 1 aromatic heterocycles. The van der Waals surface area contributed by atoms with E-state index in [0.29, 0.717) is 10.9 Å². The number of anilines is 1. The first-order valence-electron chi connectivity index (χ1n) is 7.51. The minimum Gasteiger partial charge on any atom is -0.312 e. The molecule has 130 valence electrons. The largest absolute Gasteiger partial charge is 0.312 e. The number of thioether (sulfide) groups is 1. The van der Waals surface area contributed by atoms with Gasteiger partial charge in [-0.05, 0) is 11.6 Å². The minimum absolute atomic E-state index is 0.0999. The molecule has 0 spiro atoms. The zero-order valence-corrected chi connectivity index (χ0v) is 14.2. The van der Waals surface area contributed by atoms with Gasteiger partial charge in [0.15, 0.2) is 5.16 Å². The Bertz CT molecular complexity index is 927. The first-order chi connectivity index (χ1) is 11.9. The van der Waals surface area contributed by atoms with Gasteiger partial charge >= 0.3 is 0 Å². The van der Waals surface area contributed by atoms with Crippen LogP contribution in [0.3, 0.4) is 0 Å². The molecular formula is C17H15F2N3O2S. The third kappa shape index (κ3) is 3.21. The maximum absolute atomic E-state index is 14.2. The lowest BCUT2D eigenvalue weighted by Gasteiger charge is -2.27. The molecule has 3 rings (SSSR count). The van der Waals surface area contributed by atoms with E-state index in [2.05, 4.69) is 16.9 Å². The summed E-state index contributed by atoms with van der Waals surface area (Å²) in [5.41, 5.74) is -0.230. The average molecular weight is 363 g/mol. The van der Waals surface area contributed by atoms with Crippen LogP contribution >= 0.6 is 11.8 Å². The molecule has 2 heterocycles. The van der Waals surface area contributed by atoms with Crippen LogP contribution in [-0.4, -0.2) is 21.2 Å². The van der Waals surface area contributed by atoms with Crippen LogP contribution in [-0.2, 0) is 11.8 Å². The van der Waals surface area contributed by atoms with Crippen molar-refractivity contribution in [1.82, 2.24) is 9.55 Å². The molecule has 0 unspecified atom stereocenters. The van der Waals surface area contributed by atoms with Gasteiger partial charge in [0.1, 0.15) is 17.5 Å². The first kappa shape index (κ1) is 17.3. The van der Waals surface area contributed by atoms with Crippen molar-refractivity contribution in [2.75, 3.05) is 11.1 Å². The topological polar surface area (TPSA) is 64.0 Å². The van der Waals surface area contributed by atoms with Crippen molar-refractivity contribution < 1.29 is 13.6 Å². The van der Waals surface area contributed by atoms with E-state index in [4.69, 9.17) is 0 Å². The minimum atomic E-state index is -0.811. The highest BCUT2D eigenvalue weighted by Crippen LogP contribution is 2.36. The van der Waals surface area contributed by atoms with Gasteiger partial charge < -0.3 is 9.88 Å². The zero-order valence-electron chi connectivity index (χ0n) is 13.4. The molecule has 0 saturated carbocycles. The molecule has 1 aliphatic heterocycles. The number of rotatable bonds is 4. The Balaban J connectivity index is 2.18. The second kappa shape index (κ2) is 6.79. The van der Waals surface area contributed by atoms with Gasteiger partial charge in [0.2, 0.25) is 5.91 Å². The number of hydrogen-bond donors (Lipinski definition) is 1. The summed E-state index contributed by atoms with van der Waals surface area (Å²) in [6.45, 7) is 3.62. The smallest absolute Gasteiger partial charge is 0.279 e. The highest BCUT2D eigenvalue weighted by molar-refractivity contribution is 7.99. The first-order valence-corrected chi connectivity index (χ1v) is 8.50. The average Bonchev–Trinajstić information content (AvgIpc) is 2.56. The van der Waals surface area contributed by atoms with Crippen LogP contribution in [0.2, 0.25) is 0 Å². The highest BCUT2D eigenvalue weighted by Gasteiger charge is 2.33. The van der Waals surface area contributed by atoms with Crippen LogP contribution in [0, 0.1) is 11.6 Å². The summed E-state index contributed by atoms with van der Waals surface area (Å²) in [5, 5.41) is 3.09. The molecule has 0 aliphatic carbocycles. The molecule has 25 heavy (non-hydrogen) atoms. The van der Waals surface area contributed by atoms with Gasteiger partial charge in [-0.2, -0.15) is 4.98 Å². The number of aromatic nitrogens is 2. The number of carbonyl (C=O) groups is 1. The lowest BCUT2D eigenvalue weighted by atomic mass is 9.86. The van der Waals surface area contributed by atoms with Crippen LogP contribution in [0.5, 0.6) is 0 Å². The maximum Gasteiger partial charge on any atom is 0.279 e. The Morgan fingerprint density at radius 2 is 2.20 bits per heavy atom. The second-order valence-electron chi connectivity index (χ2n) is 5.59. The van der Waals surface area contributed by atoms with Gasteiger partial charge in [-0.15, -0.1) is 6.58 Å². The van der Waals surface area contributed by atoms with Crippen molar-refractivity contribution in [2.24, 2.45) is 7.05 Å². The molecular weight excluding hydrogens is 348 g/mol. The van der Waals surface area contributed by atoms with Gasteiger partial charge in [0.25, 0.3) is 5.56 Å². The van der Waals surface area contributed by atoms with Gasteiger partial charge in [0.05, 0.1) is 5.56 Å². The lowest BCUT2D eigenvalue weighted by molar-refractivity contribution is -0.116. The van der Waals surface area contributed by atoms with E-state index in [-0.39, 0.29) is 29.3 Å². The molecule has 5 nitrogen and oxygen atoms in total. The fourth-order valence-corrected chi connectivity index (χ4v) is 3.55. The monoisotopic (exact) mass is 363 g/mol. The third-order valence-corrected chi connectivity index (χ3v) is 4.99. The second-order valence-corrected chi connectivity index (χ2v) is 6.58. The van der Waals surface area contributed by atoms with Crippen molar-refractivity contribution in [3.63, 3.8) is 0 Å². The molecule has 0 saturated heterocycles. The summed E-state index contributed by atoms with van der Waals surface area (Å²) < 4.78 is 29.0. The summed E-state index contributed by atoms with van der Waals surface area (Å²) in [4.78, 5) is 28.7. The summed E-state index contributed by atoms with van der Waals surface area (Å²) in [6.07, 6.45) is 1.57. The van der Waals surface area contributed by atoms with Crippen LogP contribution in [0.15, 0.2) is 40.8 Å². The number of nitrogens with one attached hydrogen (secondary N) is 1. The van der Waals surface area contributed by atoms with E-state index in [1.54, 1.807) is 17.7 Å². The van der Waals surface area contributed by atoms with Crippen LogP contribution in [0.4, 0.5) is 14.6 Å². The summed E-state index contributed by atoms with van der Waals surface area (Å²) in [6, 6.07) is 3.11. The van der Waals surface area contributed by atoms with Crippen molar-refractivity contribution >= 4 is 23.5 Å². The van der Waals surface area contributed by atoms with E-state index in [1.165, 1.54) is 17.8 Å². The predicted octanol–water partition coefficient (Wildman–Crippen LogP) is 2.81. The number of benzene rings is 1. The molecule has 0 bridgehead atoms. The normalized spacial score (nSPS) is 16.3. The third-order valence-electron chi connectivity index (χ3n) is 3.97. The van der Waals surface area contributed by atoms with Crippen LogP contribution in [0.1, 0.15) is 23.5 Å². The fraction of sp³-hybridized carbons (Fsp3) is 0.235. The molecule has 1 atom stereocenters. The Hall–Kier alpha value is -2.48. The van der Waals surface area contributed by atoms with Crippen molar-refractivity contribution in [2.45, 2.75) is 17.5 Å². The van der Waals surface area contributed by atoms with Crippen molar-refractivity contribution in [3.05, 3.63) is 64.0 Å². The number of hydrogen-bond acceptors (Lipinski definition) is 4. The molecule has 1 aliphatic rings. The molecule has 0 radical (unpaired) electrons. The van der Waals surface area contributed by atoms with Gasteiger partial charge in [-0.1, -0.05) is 23.9 Å². The quantitative estimate of drug-likeness (QED) is 0.515. The number of nitrogens with zero attached hydrogens (tertiary/aromatic N) is 2.